The third-order valence-electron chi connectivity index (χ3n) is 3.29. The van der Waals surface area contributed by atoms with Crippen molar-refractivity contribution in [2.24, 2.45) is 5.73 Å². The monoisotopic (exact) mass is 244 g/mol. The minimum Gasteiger partial charge on any atom is -0.318 e. The molecule has 0 spiro atoms. The minimum absolute atomic E-state index is 0.0631. The van der Waals surface area contributed by atoms with E-state index in [4.69, 9.17) is 10.7 Å². The molecule has 1 aromatic heterocycles. The molecule has 0 saturated carbocycles. The fourth-order valence-electron chi connectivity index (χ4n) is 2.31. The molecule has 1 aliphatic rings. The summed E-state index contributed by atoms with van der Waals surface area (Å²) in [6, 6.07) is 10.2. The normalized spacial score (nSPS) is 16.5. The topological polar surface area (TPSA) is 38.9 Å². The Morgan fingerprint density at radius 2 is 1.88 bits per heavy atom. The van der Waals surface area contributed by atoms with Gasteiger partial charge in [0.15, 0.2) is 0 Å². The Labute approximate surface area is 106 Å². The van der Waals surface area contributed by atoms with Gasteiger partial charge in [0.1, 0.15) is 5.01 Å². The van der Waals surface area contributed by atoms with Crippen LogP contribution in [-0.2, 0) is 12.8 Å². The number of benzene rings is 1. The van der Waals surface area contributed by atoms with Crippen LogP contribution in [0.2, 0.25) is 0 Å². The van der Waals surface area contributed by atoms with Gasteiger partial charge < -0.3 is 5.73 Å². The van der Waals surface area contributed by atoms with E-state index in [-0.39, 0.29) is 6.04 Å². The van der Waals surface area contributed by atoms with E-state index in [9.17, 15) is 0 Å². The van der Waals surface area contributed by atoms with E-state index in [1.165, 1.54) is 29.8 Å². The lowest BCUT2D eigenvalue weighted by molar-refractivity contribution is 0.678. The maximum Gasteiger partial charge on any atom is 0.114 e. The molecule has 17 heavy (non-hydrogen) atoms. The zero-order valence-corrected chi connectivity index (χ0v) is 10.5. The minimum atomic E-state index is -0.0631. The molecule has 0 radical (unpaired) electrons. The molecule has 1 aromatic carbocycles. The second-order valence-corrected chi connectivity index (χ2v) is 5.63. The highest BCUT2D eigenvalue weighted by atomic mass is 32.1. The van der Waals surface area contributed by atoms with Crippen LogP contribution in [0.5, 0.6) is 0 Å². The molecule has 1 unspecified atom stereocenters. The fraction of sp³-hybridized carbons (Fsp3) is 0.357. The first-order valence-corrected chi connectivity index (χ1v) is 6.95. The molecule has 2 N–H and O–H groups in total. The Morgan fingerprint density at radius 1 is 1.12 bits per heavy atom. The summed E-state index contributed by atoms with van der Waals surface area (Å²) < 4.78 is 0. The number of nitrogens with zero attached hydrogens (tertiary/aromatic N) is 1. The summed E-state index contributed by atoms with van der Waals surface area (Å²) in [5.74, 6) is 0. The van der Waals surface area contributed by atoms with Gasteiger partial charge in [-0.1, -0.05) is 30.3 Å². The number of fused-ring (bicyclic) bond motifs is 1. The molecule has 1 heterocycles. The zero-order valence-electron chi connectivity index (χ0n) is 9.73. The standard InChI is InChI=1S/C14H16N2S/c15-13(10-6-2-1-3-7-10)14-16-11-8-4-5-9-12(11)17-14/h1-3,6-7,13H,4-5,8-9,15H2. The van der Waals surface area contributed by atoms with Crippen LogP contribution in [-0.4, -0.2) is 4.98 Å². The van der Waals surface area contributed by atoms with Gasteiger partial charge in [0.25, 0.3) is 0 Å². The molecule has 0 saturated heterocycles. The summed E-state index contributed by atoms with van der Waals surface area (Å²) >= 11 is 1.80. The number of hydrogen-bond donors (Lipinski definition) is 1. The van der Waals surface area contributed by atoms with Gasteiger partial charge in [-0.2, -0.15) is 0 Å². The molecular weight excluding hydrogens is 228 g/mol. The number of thiazole rings is 1. The van der Waals surface area contributed by atoms with E-state index >= 15 is 0 Å². The van der Waals surface area contributed by atoms with Crippen LogP contribution in [0.1, 0.15) is 40.0 Å². The quantitative estimate of drug-likeness (QED) is 0.881. The molecule has 0 amide bonds. The number of aromatic nitrogens is 1. The Bertz CT molecular complexity index is 481. The van der Waals surface area contributed by atoms with Crippen LogP contribution in [0.3, 0.4) is 0 Å². The van der Waals surface area contributed by atoms with Gasteiger partial charge in [-0.25, -0.2) is 4.98 Å². The molecule has 2 nitrogen and oxygen atoms in total. The van der Waals surface area contributed by atoms with Crippen molar-refractivity contribution in [1.29, 1.82) is 0 Å². The predicted octanol–water partition coefficient (Wildman–Crippen LogP) is 3.07. The number of hydrogen-bond acceptors (Lipinski definition) is 3. The first-order chi connectivity index (χ1) is 8.34. The van der Waals surface area contributed by atoms with E-state index in [0.29, 0.717) is 0 Å². The molecule has 1 aliphatic carbocycles. The summed E-state index contributed by atoms with van der Waals surface area (Å²) in [7, 11) is 0. The lowest BCUT2D eigenvalue weighted by atomic mass is 10.0. The van der Waals surface area contributed by atoms with Crippen LogP contribution >= 0.6 is 11.3 Å². The highest BCUT2D eigenvalue weighted by Crippen LogP contribution is 2.31. The first-order valence-electron chi connectivity index (χ1n) is 6.13. The summed E-state index contributed by atoms with van der Waals surface area (Å²) in [5, 5.41) is 1.07. The second kappa shape index (κ2) is 4.59. The predicted molar refractivity (Wildman–Crippen MR) is 71.2 cm³/mol. The SMILES string of the molecule is NC(c1ccccc1)c1nc2c(s1)CCCC2. The highest BCUT2D eigenvalue weighted by molar-refractivity contribution is 7.11. The van der Waals surface area contributed by atoms with Crippen LogP contribution in [0, 0.1) is 0 Å². The first kappa shape index (κ1) is 10.9. The van der Waals surface area contributed by atoms with Crippen molar-refractivity contribution in [3.63, 3.8) is 0 Å². The van der Waals surface area contributed by atoms with Crippen molar-refractivity contribution in [2.45, 2.75) is 31.7 Å². The summed E-state index contributed by atoms with van der Waals surface area (Å²) in [4.78, 5) is 6.18. The van der Waals surface area contributed by atoms with E-state index in [0.717, 1.165) is 17.0 Å². The fourth-order valence-corrected chi connectivity index (χ4v) is 3.49. The van der Waals surface area contributed by atoms with Crippen molar-refractivity contribution < 1.29 is 0 Å². The van der Waals surface area contributed by atoms with Crippen LogP contribution in [0.15, 0.2) is 30.3 Å². The van der Waals surface area contributed by atoms with Gasteiger partial charge in [-0.15, -0.1) is 11.3 Å². The van der Waals surface area contributed by atoms with Crippen molar-refractivity contribution in [3.8, 4) is 0 Å². The van der Waals surface area contributed by atoms with Gasteiger partial charge in [-0.3, -0.25) is 0 Å². The van der Waals surface area contributed by atoms with Crippen LogP contribution in [0.25, 0.3) is 0 Å². The van der Waals surface area contributed by atoms with E-state index in [2.05, 4.69) is 12.1 Å². The zero-order chi connectivity index (χ0) is 11.7. The largest absolute Gasteiger partial charge is 0.318 e. The second-order valence-electron chi connectivity index (χ2n) is 4.52. The van der Waals surface area contributed by atoms with Crippen LogP contribution < -0.4 is 5.73 Å². The van der Waals surface area contributed by atoms with Crippen LogP contribution in [0.4, 0.5) is 0 Å². The summed E-state index contributed by atoms with van der Waals surface area (Å²) in [5.41, 5.74) is 8.72. The number of rotatable bonds is 2. The molecule has 0 bridgehead atoms. The third-order valence-corrected chi connectivity index (χ3v) is 4.53. The molecular formula is C14H16N2S. The van der Waals surface area contributed by atoms with Gasteiger partial charge >= 0.3 is 0 Å². The molecule has 2 aromatic rings. The van der Waals surface area contributed by atoms with Crippen molar-refractivity contribution in [1.82, 2.24) is 4.98 Å². The Kier molecular flexibility index (Phi) is 2.95. The number of nitrogens with two attached hydrogens (primary N) is 1. The molecule has 0 aliphatic heterocycles. The molecule has 88 valence electrons. The molecule has 3 heteroatoms. The van der Waals surface area contributed by atoms with E-state index in [1.807, 2.05) is 18.2 Å². The van der Waals surface area contributed by atoms with Gasteiger partial charge in [0.2, 0.25) is 0 Å². The van der Waals surface area contributed by atoms with Crippen molar-refractivity contribution in [3.05, 3.63) is 51.5 Å². The van der Waals surface area contributed by atoms with Gasteiger partial charge in [-0.05, 0) is 31.2 Å². The third kappa shape index (κ3) is 2.13. The summed E-state index contributed by atoms with van der Waals surface area (Å²) in [6.45, 7) is 0. The smallest absolute Gasteiger partial charge is 0.114 e. The highest BCUT2D eigenvalue weighted by Gasteiger charge is 2.19. The lowest BCUT2D eigenvalue weighted by Crippen LogP contribution is -2.11. The average Bonchev–Trinajstić information content (AvgIpc) is 2.82. The van der Waals surface area contributed by atoms with E-state index < -0.39 is 0 Å². The summed E-state index contributed by atoms with van der Waals surface area (Å²) in [6.07, 6.45) is 4.90. The Hall–Kier alpha value is -1.19. The van der Waals surface area contributed by atoms with Gasteiger partial charge in [0, 0.05) is 4.88 Å². The average molecular weight is 244 g/mol. The molecule has 1 atom stereocenters. The molecule has 0 fully saturated rings. The van der Waals surface area contributed by atoms with Crippen molar-refractivity contribution >= 4 is 11.3 Å². The van der Waals surface area contributed by atoms with Crippen molar-refractivity contribution in [2.75, 3.05) is 0 Å². The Balaban J connectivity index is 1.91. The maximum absolute atomic E-state index is 6.28. The molecule has 3 rings (SSSR count). The van der Waals surface area contributed by atoms with E-state index in [1.54, 1.807) is 11.3 Å². The van der Waals surface area contributed by atoms with Gasteiger partial charge in [0.05, 0.1) is 11.7 Å². The lowest BCUT2D eigenvalue weighted by Gasteiger charge is -2.07. The maximum atomic E-state index is 6.28. The Morgan fingerprint density at radius 3 is 2.65 bits per heavy atom. The number of aryl methyl sites for hydroxylation is 2.